The molecule has 3 rings (SSSR count). The van der Waals surface area contributed by atoms with E-state index in [1.165, 1.54) is 6.07 Å². The molecule has 0 fully saturated rings. The number of hydrogen-bond acceptors (Lipinski definition) is 4. The normalized spacial score (nSPS) is 8.82. The Morgan fingerprint density at radius 2 is 0.955 bits per heavy atom. The first kappa shape index (κ1) is 17.8. The van der Waals surface area contributed by atoms with Crippen molar-refractivity contribution < 1.29 is 10.2 Å². The maximum Gasteiger partial charge on any atom is 0.137 e. The molecule has 0 atom stereocenters. The van der Waals surface area contributed by atoms with Crippen molar-refractivity contribution in [2.24, 2.45) is 0 Å². The van der Waals surface area contributed by atoms with Crippen LogP contribution in [0.2, 0.25) is 10.0 Å². The lowest BCUT2D eigenvalue weighted by atomic mass is 10.3. The van der Waals surface area contributed by atoms with E-state index < -0.39 is 0 Å². The van der Waals surface area contributed by atoms with Crippen LogP contribution in [-0.4, -0.2) is 20.2 Å². The molecule has 2 heterocycles. The fraction of sp³-hybridized carbons (Fsp3) is 0. The maximum absolute atomic E-state index is 8.87. The third-order valence-electron chi connectivity index (χ3n) is 2.15. The Hall–Kier alpha value is -2.30. The van der Waals surface area contributed by atoms with E-state index in [2.05, 4.69) is 9.97 Å². The highest BCUT2D eigenvalue weighted by Crippen LogP contribution is 2.33. The SMILES string of the molecule is Oc1cc(O)c(Cl)cc1Cl.c1ccncc1.c1ccncc1. The summed E-state index contributed by atoms with van der Waals surface area (Å²) in [4.78, 5) is 7.57. The molecule has 114 valence electrons. The predicted molar refractivity (Wildman–Crippen MR) is 88.3 cm³/mol. The summed E-state index contributed by atoms with van der Waals surface area (Å²) >= 11 is 10.9. The average Bonchev–Trinajstić information content (AvgIpc) is 2.57. The molecule has 0 unspecified atom stereocenters. The van der Waals surface area contributed by atoms with Crippen LogP contribution >= 0.6 is 23.2 Å². The Morgan fingerprint density at radius 1 is 0.591 bits per heavy atom. The fourth-order valence-electron chi connectivity index (χ4n) is 1.15. The molecular weight excluding hydrogens is 323 g/mol. The van der Waals surface area contributed by atoms with E-state index in [-0.39, 0.29) is 21.5 Å². The van der Waals surface area contributed by atoms with Crippen LogP contribution in [0.15, 0.2) is 73.3 Å². The minimum Gasteiger partial charge on any atom is -0.506 e. The third kappa shape index (κ3) is 7.47. The molecule has 0 saturated carbocycles. The van der Waals surface area contributed by atoms with Crippen LogP contribution in [0.25, 0.3) is 0 Å². The molecule has 0 bridgehead atoms. The number of phenolic OH excluding ortho intramolecular Hbond substituents is 2. The smallest absolute Gasteiger partial charge is 0.137 e. The van der Waals surface area contributed by atoms with Gasteiger partial charge in [-0.1, -0.05) is 35.3 Å². The molecular formula is C16H14Cl2N2O2. The van der Waals surface area contributed by atoms with E-state index in [4.69, 9.17) is 33.4 Å². The van der Waals surface area contributed by atoms with E-state index in [0.29, 0.717) is 0 Å². The van der Waals surface area contributed by atoms with Crippen LogP contribution in [0, 0.1) is 0 Å². The molecule has 2 aromatic heterocycles. The number of hydrogen-bond donors (Lipinski definition) is 2. The number of pyridine rings is 2. The molecule has 1 aromatic carbocycles. The monoisotopic (exact) mass is 336 g/mol. The zero-order valence-corrected chi connectivity index (χ0v) is 13.0. The summed E-state index contributed by atoms with van der Waals surface area (Å²) in [7, 11) is 0. The molecule has 2 N–H and O–H groups in total. The zero-order valence-electron chi connectivity index (χ0n) is 11.5. The quantitative estimate of drug-likeness (QED) is 0.631. The lowest BCUT2D eigenvalue weighted by Crippen LogP contribution is -1.70. The number of benzene rings is 1. The minimum atomic E-state index is -0.177. The van der Waals surface area contributed by atoms with Gasteiger partial charge in [-0.05, 0) is 30.3 Å². The lowest BCUT2D eigenvalue weighted by molar-refractivity contribution is 0.451. The van der Waals surface area contributed by atoms with Crippen LogP contribution < -0.4 is 0 Å². The first-order chi connectivity index (χ1) is 10.6. The van der Waals surface area contributed by atoms with E-state index in [0.717, 1.165) is 6.07 Å². The van der Waals surface area contributed by atoms with Gasteiger partial charge < -0.3 is 10.2 Å². The van der Waals surface area contributed by atoms with Crippen molar-refractivity contribution in [1.29, 1.82) is 0 Å². The number of aromatic nitrogens is 2. The summed E-state index contributed by atoms with van der Waals surface area (Å²) in [6.45, 7) is 0. The lowest BCUT2D eigenvalue weighted by Gasteiger charge is -1.98. The molecule has 0 spiro atoms. The second-order valence-corrected chi connectivity index (χ2v) is 4.62. The van der Waals surface area contributed by atoms with Gasteiger partial charge in [0.15, 0.2) is 0 Å². The average molecular weight is 337 g/mol. The largest absolute Gasteiger partial charge is 0.506 e. The Labute approximate surface area is 138 Å². The Bertz CT molecular complexity index is 518. The summed E-state index contributed by atoms with van der Waals surface area (Å²) in [5.74, 6) is -0.355. The molecule has 0 radical (unpaired) electrons. The number of halogens is 2. The van der Waals surface area contributed by atoms with Crippen LogP contribution in [0.5, 0.6) is 11.5 Å². The minimum absolute atomic E-state index is 0.128. The van der Waals surface area contributed by atoms with Crippen LogP contribution in [0.4, 0.5) is 0 Å². The van der Waals surface area contributed by atoms with Crippen LogP contribution in [-0.2, 0) is 0 Å². The van der Waals surface area contributed by atoms with E-state index in [1.807, 2.05) is 36.4 Å². The van der Waals surface area contributed by atoms with Gasteiger partial charge in [-0.2, -0.15) is 0 Å². The van der Waals surface area contributed by atoms with Gasteiger partial charge in [0.05, 0.1) is 10.0 Å². The van der Waals surface area contributed by atoms with Crippen LogP contribution in [0.3, 0.4) is 0 Å². The van der Waals surface area contributed by atoms with Gasteiger partial charge in [-0.15, -0.1) is 0 Å². The van der Waals surface area contributed by atoms with Gasteiger partial charge >= 0.3 is 0 Å². The van der Waals surface area contributed by atoms with Gasteiger partial charge in [0.1, 0.15) is 11.5 Å². The summed E-state index contributed by atoms with van der Waals surface area (Å²) < 4.78 is 0. The van der Waals surface area contributed by atoms with E-state index in [1.54, 1.807) is 24.8 Å². The summed E-state index contributed by atoms with van der Waals surface area (Å²) in [6, 6.07) is 13.8. The van der Waals surface area contributed by atoms with Crippen molar-refractivity contribution in [1.82, 2.24) is 9.97 Å². The van der Waals surface area contributed by atoms with E-state index >= 15 is 0 Å². The predicted octanol–water partition coefficient (Wildman–Crippen LogP) is 4.57. The summed E-state index contributed by atoms with van der Waals surface area (Å²) in [5, 5.41) is 18.0. The van der Waals surface area contributed by atoms with Gasteiger partial charge in [-0.25, -0.2) is 0 Å². The summed E-state index contributed by atoms with van der Waals surface area (Å²) in [6.07, 6.45) is 7.00. The maximum atomic E-state index is 8.87. The standard InChI is InChI=1S/C6H4Cl2O2.2C5H5N/c7-3-1-4(8)6(10)2-5(3)9;2*1-2-4-6-5-3-1/h1-2,9-10H;2*1-5H. The first-order valence-electron chi connectivity index (χ1n) is 6.18. The highest BCUT2D eigenvalue weighted by atomic mass is 35.5. The fourth-order valence-corrected chi connectivity index (χ4v) is 1.53. The van der Waals surface area contributed by atoms with Crippen molar-refractivity contribution >= 4 is 23.2 Å². The molecule has 0 aliphatic rings. The number of rotatable bonds is 0. The molecule has 0 saturated heterocycles. The van der Waals surface area contributed by atoms with Crippen molar-refractivity contribution in [3.63, 3.8) is 0 Å². The summed E-state index contributed by atoms with van der Waals surface area (Å²) in [5.41, 5.74) is 0. The molecule has 0 aliphatic carbocycles. The Kier molecular flexibility index (Phi) is 8.42. The molecule has 0 amide bonds. The molecule has 0 aliphatic heterocycles. The highest BCUT2D eigenvalue weighted by Gasteiger charge is 2.03. The van der Waals surface area contributed by atoms with Crippen molar-refractivity contribution in [3.8, 4) is 11.5 Å². The number of nitrogens with zero attached hydrogens (tertiary/aromatic N) is 2. The highest BCUT2D eigenvalue weighted by molar-refractivity contribution is 6.36. The molecule has 22 heavy (non-hydrogen) atoms. The van der Waals surface area contributed by atoms with Crippen molar-refractivity contribution in [2.45, 2.75) is 0 Å². The van der Waals surface area contributed by atoms with E-state index in [9.17, 15) is 0 Å². The van der Waals surface area contributed by atoms with Gasteiger partial charge in [0.25, 0.3) is 0 Å². The van der Waals surface area contributed by atoms with Gasteiger partial charge in [0, 0.05) is 30.9 Å². The van der Waals surface area contributed by atoms with Gasteiger partial charge in [-0.3, -0.25) is 9.97 Å². The number of aromatic hydroxyl groups is 2. The third-order valence-corrected chi connectivity index (χ3v) is 2.75. The molecule has 3 aromatic rings. The van der Waals surface area contributed by atoms with Crippen molar-refractivity contribution in [3.05, 3.63) is 83.4 Å². The zero-order chi connectivity index (χ0) is 16.2. The number of phenols is 2. The van der Waals surface area contributed by atoms with Gasteiger partial charge in [0.2, 0.25) is 0 Å². The van der Waals surface area contributed by atoms with Crippen molar-refractivity contribution in [2.75, 3.05) is 0 Å². The Balaban J connectivity index is 0.000000174. The van der Waals surface area contributed by atoms with Crippen LogP contribution in [0.1, 0.15) is 0 Å². The first-order valence-corrected chi connectivity index (χ1v) is 6.94. The molecule has 4 nitrogen and oxygen atoms in total. The second kappa shape index (κ2) is 10.4. The second-order valence-electron chi connectivity index (χ2n) is 3.80. The molecule has 6 heteroatoms. The Morgan fingerprint density at radius 3 is 1.14 bits per heavy atom. The topological polar surface area (TPSA) is 66.2 Å².